The van der Waals surface area contributed by atoms with Gasteiger partial charge in [0, 0.05) is 90.7 Å². The van der Waals surface area contributed by atoms with Gasteiger partial charge in [0.25, 0.3) is 29.1 Å². The molecule has 25 rings (SSSR count). The van der Waals surface area contributed by atoms with Crippen LogP contribution in [0, 0.1) is 68.9 Å². The highest BCUT2D eigenvalue weighted by atomic mass is 15.2. The molecule has 0 saturated heterocycles. The van der Waals surface area contributed by atoms with Gasteiger partial charge in [-0.2, -0.15) is 22.8 Å². The van der Waals surface area contributed by atoms with E-state index >= 15 is 0 Å². The Kier molecular flexibility index (Phi) is 19.5. The second-order valence-electron chi connectivity index (χ2n) is 35.5. The molecule has 680 valence electrons. The SMILES string of the molecule is [2H]C([2H])([2H])c1cc2cccnc2cc1-n1c(-c2ccccc2C)[n+](C)c2ccccc21.[2H]C([2H])([2H])c1cc2ccncc2cc1-n1c(-c2ccccc2C)[n+](C)c2ccccc21.[2H]C([2H])([2H])c1cc2cnccc2cc1-n1c(-c2ccccc2C)[n+](C)c2ccccc21.[2H]C([2H])([2H])c1cc2ncccc2cc1-n1c(-c2ccccc2C)[n+](C)c2ccccc21.[2H]C([2H])([2H])c1nc2ccccc2cc1-n1c(-c2ccccc2C)[n+](C)c2ccccc21. The summed E-state index contributed by atoms with van der Waals surface area (Å²) in [5.41, 5.74) is 27.4. The summed E-state index contributed by atoms with van der Waals surface area (Å²) in [6, 6.07) is 117. The van der Waals surface area contributed by atoms with Gasteiger partial charge in [-0.25, -0.2) is 27.8 Å². The lowest BCUT2D eigenvalue weighted by molar-refractivity contribution is -0.634. The van der Waals surface area contributed by atoms with E-state index in [9.17, 15) is 0 Å². The van der Waals surface area contributed by atoms with Crippen molar-refractivity contribution in [2.24, 2.45) is 35.2 Å². The lowest BCUT2D eigenvalue weighted by Gasteiger charge is -2.09. The van der Waals surface area contributed by atoms with E-state index in [2.05, 4.69) is 192 Å². The number of benzene rings is 15. The molecule has 140 heavy (non-hydrogen) atoms. The summed E-state index contributed by atoms with van der Waals surface area (Å²) >= 11 is 0. The fraction of sp³-hybridized carbons (Fsp3) is 0.120. The zero-order valence-corrected chi connectivity index (χ0v) is 79.2. The van der Waals surface area contributed by atoms with Crippen molar-refractivity contribution in [2.75, 3.05) is 0 Å². The number of imidazole rings is 5. The lowest BCUT2D eigenvalue weighted by atomic mass is 10.1. The van der Waals surface area contributed by atoms with Crippen LogP contribution in [0.3, 0.4) is 0 Å². The Hall–Kier alpha value is -17.3. The van der Waals surface area contributed by atoms with Gasteiger partial charge in [-0.15, -0.1) is 0 Å². The van der Waals surface area contributed by atoms with Gasteiger partial charge < -0.3 is 0 Å². The highest BCUT2D eigenvalue weighted by molar-refractivity contribution is 5.93. The van der Waals surface area contributed by atoms with E-state index in [1.165, 1.54) is 0 Å². The van der Waals surface area contributed by atoms with Gasteiger partial charge in [0.1, 0.15) is 22.7 Å². The third-order valence-electron chi connectivity index (χ3n) is 26.9. The van der Waals surface area contributed by atoms with Crippen LogP contribution in [0.1, 0.15) is 76.3 Å². The van der Waals surface area contributed by atoms with Crippen molar-refractivity contribution in [1.82, 2.24) is 47.8 Å². The van der Waals surface area contributed by atoms with Gasteiger partial charge >= 0.3 is 0 Å². The zero-order valence-electron chi connectivity index (χ0n) is 94.2. The first-order valence-corrected chi connectivity index (χ1v) is 46.5. The number of pyridine rings is 5. The number of aryl methyl sites for hydroxylation is 15. The van der Waals surface area contributed by atoms with Crippen molar-refractivity contribution in [2.45, 2.75) is 68.9 Å². The number of rotatable bonds is 10. The minimum absolute atomic E-state index is 0.0994. The quantitative estimate of drug-likeness (QED) is 0.127. The van der Waals surface area contributed by atoms with Gasteiger partial charge in [-0.3, -0.25) is 19.9 Å². The van der Waals surface area contributed by atoms with Crippen molar-refractivity contribution >= 4 is 109 Å². The summed E-state index contributed by atoms with van der Waals surface area (Å²) in [7, 11) is 10.1. The summed E-state index contributed by atoms with van der Waals surface area (Å²) in [6.07, 6.45) is 10.3. The van der Waals surface area contributed by atoms with E-state index < -0.39 is 34.3 Å². The smallest absolute Gasteiger partial charge is 0.264 e. The van der Waals surface area contributed by atoms with Crippen molar-refractivity contribution in [3.63, 3.8) is 0 Å². The molecular weight excluding hydrogens is 1710 g/mol. The molecule has 0 fully saturated rings. The number of fused-ring (bicyclic) bond motifs is 10. The van der Waals surface area contributed by atoms with Crippen LogP contribution >= 0.6 is 0 Å². The fourth-order valence-corrected chi connectivity index (χ4v) is 19.9. The molecule has 0 N–H and O–H groups in total. The van der Waals surface area contributed by atoms with E-state index in [0.29, 0.717) is 56.2 Å². The molecule has 0 amide bonds. The first kappa shape index (κ1) is 73.1. The molecule has 0 unspecified atom stereocenters. The molecule has 0 aliphatic rings. The Morgan fingerprint density at radius 1 is 0.214 bits per heavy atom. The minimum Gasteiger partial charge on any atom is -0.264 e. The number of nitrogens with zero attached hydrogens (tertiary/aromatic N) is 15. The highest BCUT2D eigenvalue weighted by Crippen LogP contribution is 2.40. The number of aromatic nitrogens is 15. The van der Waals surface area contributed by atoms with Crippen LogP contribution in [0.2, 0.25) is 0 Å². The maximum absolute atomic E-state index is 8.27. The second kappa shape index (κ2) is 37.4. The van der Waals surface area contributed by atoms with Crippen LogP contribution in [-0.2, 0) is 35.2 Å². The van der Waals surface area contributed by atoms with E-state index in [1.807, 2.05) is 282 Å². The molecule has 0 bridgehead atoms. The maximum atomic E-state index is 8.27. The zero-order chi connectivity index (χ0) is 109. The molecule has 0 atom stereocenters. The Balaban J connectivity index is 0.000000112. The van der Waals surface area contributed by atoms with E-state index in [1.54, 1.807) is 61.4 Å². The van der Waals surface area contributed by atoms with Crippen LogP contribution in [0.15, 0.2) is 395 Å². The Morgan fingerprint density at radius 2 is 0.479 bits per heavy atom. The summed E-state index contributed by atoms with van der Waals surface area (Å²) < 4.78 is 145. The Labute approximate surface area is 836 Å². The first-order valence-electron chi connectivity index (χ1n) is 54.0. The molecule has 10 aromatic heterocycles. The van der Waals surface area contributed by atoms with Crippen molar-refractivity contribution in [3.8, 4) is 85.4 Å². The fourth-order valence-electron chi connectivity index (χ4n) is 19.9. The Bertz CT molecular complexity index is 8530. The molecule has 10 heterocycles. The average molecular weight is 1840 g/mol. The predicted molar refractivity (Wildman–Crippen MR) is 573 cm³/mol. The topological polar surface area (TPSA) is 108 Å². The molecule has 15 heteroatoms. The normalized spacial score (nSPS) is 13.4. The van der Waals surface area contributed by atoms with Crippen LogP contribution in [0.25, 0.3) is 195 Å². The Morgan fingerprint density at radius 3 is 0.857 bits per heavy atom. The van der Waals surface area contributed by atoms with Gasteiger partial charge in [-0.1, -0.05) is 182 Å². The molecule has 15 aromatic carbocycles. The number of hydrogen-bond acceptors (Lipinski definition) is 5. The number of hydrogen-bond donors (Lipinski definition) is 0. The second-order valence-corrected chi connectivity index (χ2v) is 35.5. The van der Waals surface area contributed by atoms with E-state index in [4.69, 9.17) is 20.6 Å². The highest BCUT2D eigenvalue weighted by Gasteiger charge is 2.35. The lowest BCUT2D eigenvalue weighted by Crippen LogP contribution is -2.30. The molecular formula is C125H110N15+5. The third-order valence-corrected chi connectivity index (χ3v) is 26.9. The molecule has 15 nitrogen and oxygen atoms in total. The van der Waals surface area contributed by atoms with E-state index in [0.717, 1.165) is 183 Å². The monoisotopic (exact) mass is 1840 g/mol. The molecule has 0 radical (unpaired) electrons. The van der Waals surface area contributed by atoms with E-state index in [-0.39, 0.29) is 11.3 Å². The molecule has 0 aliphatic carbocycles. The van der Waals surface area contributed by atoms with Crippen molar-refractivity contribution in [1.29, 1.82) is 0 Å². The van der Waals surface area contributed by atoms with Gasteiger partial charge in [-0.05, 0) is 300 Å². The molecule has 0 spiro atoms. The van der Waals surface area contributed by atoms with Gasteiger partial charge in [0.15, 0.2) is 60.9 Å². The van der Waals surface area contributed by atoms with Crippen LogP contribution < -0.4 is 22.8 Å². The third kappa shape index (κ3) is 16.1. The standard InChI is InChI=1S/5C25H22N3/c1-17-10-4-6-12-20(17)25-27(3)22-14-8-9-15-23(22)28(25)24-16-19-11-5-7-13-21(19)26-18(24)2;1-17-9-4-5-11-20(17)25-27(3)22-12-6-7-13-23(22)28(25)24-16-19-10-8-14-26-21(19)15-18(24)2;1-17-9-4-5-11-20(17)25-27(3)22-12-6-7-13-23(22)28(25)24-16-21-19(15-18(24)2)10-8-14-26-21;1-17-8-4-5-9-21(17)25-27(3)22-10-6-7-11-23(22)28(25)24-15-19-12-13-26-16-20(19)14-18(24)2;1-17-8-4-5-9-21(17)25-27(3)22-10-6-7-11-23(22)28(25)24-15-20-16-26-13-12-19(20)14-18(24)2/h5*4-16H,1-3H3/q5*+1/i5*2D3. The summed E-state index contributed by atoms with van der Waals surface area (Å²) in [5.74, 6) is 4.67. The van der Waals surface area contributed by atoms with Gasteiger partial charge in [0.2, 0.25) is 0 Å². The minimum atomic E-state index is -2.35. The maximum Gasteiger partial charge on any atom is 0.295 e. The summed E-state index contributed by atoms with van der Waals surface area (Å²) in [6.45, 7) is -1.07. The van der Waals surface area contributed by atoms with Gasteiger partial charge in [0.05, 0.1) is 85.3 Å². The number of para-hydroxylation sites is 11. The largest absolute Gasteiger partial charge is 0.295 e. The average Bonchev–Trinajstić information content (AvgIpc) is 1.60. The molecule has 25 aromatic rings. The molecule has 0 aliphatic heterocycles. The summed E-state index contributed by atoms with van der Waals surface area (Å²) in [5, 5.41) is 6.16. The molecule has 0 saturated carbocycles. The van der Waals surface area contributed by atoms with Crippen molar-refractivity contribution in [3.05, 3.63) is 451 Å². The van der Waals surface area contributed by atoms with Crippen LogP contribution in [-0.4, -0.2) is 47.8 Å². The van der Waals surface area contributed by atoms with Crippen molar-refractivity contribution < 1.29 is 43.4 Å². The summed E-state index contributed by atoms with van der Waals surface area (Å²) in [4.78, 5) is 21.9. The predicted octanol–water partition coefficient (Wildman–Crippen LogP) is 26.4. The first-order chi connectivity index (χ1) is 74.3. The van der Waals surface area contributed by atoms with Crippen LogP contribution in [0.5, 0.6) is 0 Å². The van der Waals surface area contributed by atoms with Crippen LogP contribution in [0.4, 0.5) is 0 Å².